The molecule has 1 heterocycles. The maximum Gasteiger partial charge on any atom is 0.405 e. The van der Waals surface area contributed by atoms with Crippen LogP contribution in [0.1, 0.15) is 18.5 Å². The van der Waals surface area contributed by atoms with Crippen molar-refractivity contribution >= 4 is 28.9 Å². The lowest BCUT2D eigenvalue weighted by Gasteiger charge is -2.26. The Kier molecular flexibility index (Phi) is 4.34. The molecule has 1 aliphatic rings. The average molecular weight is 322 g/mol. The van der Waals surface area contributed by atoms with Gasteiger partial charge in [-0.3, -0.25) is 4.79 Å². The summed E-state index contributed by atoms with van der Waals surface area (Å²) in [6, 6.07) is 2.48. The monoisotopic (exact) mass is 321 g/mol. The van der Waals surface area contributed by atoms with E-state index in [0.29, 0.717) is 11.3 Å². The minimum atomic E-state index is -4.32. The van der Waals surface area contributed by atoms with E-state index in [1.807, 2.05) is 0 Å². The zero-order chi connectivity index (χ0) is 15.8. The molecule has 2 rings (SSSR count). The first-order chi connectivity index (χ1) is 9.76. The summed E-state index contributed by atoms with van der Waals surface area (Å²) in [5, 5.41) is 5.66. The highest BCUT2D eigenvalue weighted by Crippen LogP contribution is 2.39. The van der Waals surface area contributed by atoms with Crippen molar-refractivity contribution in [3.63, 3.8) is 0 Å². The molecule has 0 aromatic heterocycles. The highest BCUT2D eigenvalue weighted by atomic mass is 35.5. The molecular weight excluding hydrogens is 307 g/mol. The zero-order valence-electron chi connectivity index (χ0n) is 11.5. The lowest BCUT2D eigenvalue weighted by atomic mass is 10.1. The largest absolute Gasteiger partial charge is 0.405 e. The molecule has 4 nitrogen and oxygen atoms in total. The average Bonchev–Trinajstić information content (AvgIpc) is 2.68. The van der Waals surface area contributed by atoms with Crippen molar-refractivity contribution in [2.75, 3.05) is 30.4 Å². The van der Waals surface area contributed by atoms with E-state index in [4.69, 9.17) is 11.6 Å². The van der Waals surface area contributed by atoms with Crippen molar-refractivity contribution in [2.24, 2.45) is 0 Å². The number of amides is 1. The van der Waals surface area contributed by atoms with Crippen molar-refractivity contribution in [3.8, 4) is 0 Å². The van der Waals surface area contributed by atoms with Gasteiger partial charge in [-0.2, -0.15) is 13.2 Å². The predicted molar refractivity (Wildman–Crippen MR) is 75.8 cm³/mol. The molecule has 1 aliphatic heterocycles. The summed E-state index contributed by atoms with van der Waals surface area (Å²) in [4.78, 5) is 12.9. The van der Waals surface area contributed by atoms with Crippen molar-refractivity contribution in [3.05, 3.63) is 22.7 Å². The maximum absolute atomic E-state index is 12.6. The number of fused-ring (bicyclic) bond motifs is 1. The van der Waals surface area contributed by atoms with E-state index in [0.717, 1.165) is 4.90 Å². The topological polar surface area (TPSA) is 44.4 Å². The van der Waals surface area contributed by atoms with Crippen LogP contribution >= 0.6 is 11.6 Å². The van der Waals surface area contributed by atoms with Crippen molar-refractivity contribution in [1.29, 1.82) is 0 Å². The van der Waals surface area contributed by atoms with Crippen LogP contribution in [0.25, 0.3) is 0 Å². The van der Waals surface area contributed by atoms with E-state index in [2.05, 4.69) is 10.6 Å². The second-order valence-corrected chi connectivity index (χ2v) is 5.14. The Morgan fingerprint density at radius 1 is 1.43 bits per heavy atom. The highest BCUT2D eigenvalue weighted by molar-refractivity contribution is 6.33. The van der Waals surface area contributed by atoms with Crippen molar-refractivity contribution in [2.45, 2.75) is 19.1 Å². The van der Waals surface area contributed by atoms with Crippen LogP contribution in [-0.2, 0) is 4.79 Å². The Morgan fingerprint density at radius 3 is 2.62 bits per heavy atom. The van der Waals surface area contributed by atoms with Gasteiger partial charge in [-0.05, 0) is 26.1 Å². The summed E-state index contributed by atoms with van der Waals surface area (Å²) in [5.41, 5.74) is 1.38. The van der Waals surface area contributed by atoms with Crippen LogP contribution in [0, 0.1) is 0 Å². The Labute approximate surface area is 125 Å². The molecule has 0 saturated heterocycles. The molecule has 21 heavy (non-hydrogen) atoms. The molecule has 0 fully saturated rings. The van der Waals surface area contributed by atoms with Gasteiger partial charge >= 0.3 is 6.18 Å². The van der Waals surface area contributed by atoms with Crippen LogP contribution in [0.5, 0.6) is 0 Å². The summed E-state index contributed by atoms with van der Waals surface area (Å²) in [7, 11) is 1.63. The van der Waals surface area contributed by atoms with Gasteiger partial charge in [0.1, 0.15) is 12.6 Å². The molecule has 0 aliphatic carbocycles. The van der Waals surface area contributed by atoms with Gasteiger partial charge in [0.05, 0.1) is 10.7 Å². The van der Waals surface area contributed by atoms with Gasteiger partial charge in [-0.15, -0.1) is 0 Å². The number of anilines is 2. The number of likely N-dealkylation sites (N-methyl/N-ethyl adjacent to an activating group) is 1. The molecule has 1 aromatic carbocycles. The minimum Gasteiger partial charge on any atom is -0.362 e. The fourth-order valence-electron chi connectivity index (χ4n) is 2.38. The minimum absolute atomic E-state index is 0.154. The maximum atomic E-state index is 12.6. The first-order valence-electron chi connectivity index (χ1n) is 6.40. The molecule has 0 radical (unpaired) electrons. The van der Waals surface area contributed by atoms with Crippen LogP contribution in [0.15, 0.2) is 12.1 Å². The number of nitrogens with one attached hydrogen (secondary N) is 2. The van der Waals surface area contributed by atoms with E-state index in [-0.39, 0.29) is 23.2 Å². The van der Waals surface area contributed by atoms with Crippen LogP contribution in [0.3, 0.4) is 0 Å². The Balaban J connectivity index is 2.39. The summed E-state index contributed by atoms with van der Waals surface area (Å²) >= 11 is 6.10. The fraction of sp³-hybridized carbons (Fsp3) is 0.462. The molecule has 2 N–H and O–H groups in total. The number of carbonyl (C=O) groups excluding carboxylic acids is 1. The van der Waals surface area contributed by atoms with Crippen LogP contribution in [-0.4, -0.2) is 32.2 Å². The highest BCUT2D eigenvalue weighted by Gasteiger charge is 2.34. The second kappa shape index (κ2) is 5.73. The quantitative estimate of drug-likeness (QED) is 0.896. The first-order valence-corrected chi connectivity index (χ1v) is 6.78. The normalized spacial score (nSPS) is 17.6. The van der Waals surface area contributed by atoms with Gasteiger partial charge in [0.2, 0.25) is 5.91 Å². The second-order valence-electron chi connectivity index (χ2n) is 4.73. The third kappa shape index (κ3) is 3.24. The van der Waals surface area contributed by atoms with E-state index in [1.165, 1.54) is 12.1 Å². The first kappa shape index (κ1) is 15.9. The summed E-state index contributed by atoms with van der Waals surface area (Å²) in [5.74, 6) is -0.250. The van der Waals surface area contributed by atoms with Gasteiger partial charge in [-0.25, -0.2) is 0 Å². The Hall–Kier alpha value is -1.47. The molecule has 1 atom stereocenters. The molecule has 1 aromatic rings. The molecule has 1 amide bonds. The summed E-state index contributed by atoms with van der Waals surface area (Å²) < 4.78 is 37.8. The fourth-order valence-corrected chi connectivity index (χ4v) is 2.67. The lowest BCUT2D eigenvalue weighted by Crippen LogP contribution is -2.34. The molecule has 0 bridgehead atoms. The molecule has 0 saturated carbocycles. The molecular formula is C13H15ClF3N3O. The number of rotatable bonds is 4. The summed E-state index contributed by atoms with van der Waals surface area (Å²) in [6.07, 6.45) is -4.32. The molecule has 8 heteroatoms. The Bertz CT molecular complexity index is 562. The van der Waals surface area contributed by atoms with Gasteiger partial charge in [0, 0.05) is 17.8 Å². The molecule has 1 unspecified atom stereocenters. The number of carbonyl (C=O) groups is 1. The standard InChI is InChI=1S/C13H15ClF3N3O/c1-3-20(6-13(15,16)17)10-5-9-7(4-8(10)14)11(18-2)12(21)19-9/h4-5,11,18H,3,6H2,1-2H3,(H,19,21). The van der Waals surface area contributed by atoms with Gasteiger partial charge < -0.3 is 15.5 Å². The number of halogens is 4. The predicted octanol–water partition coefficient (Wildman–Crippen LogP) is 2.94. The van der Waals surface area contributed by atoms with E-state index in [9.17, 15) is 18.0 Å². The zero-order valence-corrected chi connectivity index (χ0v) is 12.3. The van der Waals surface area contributed by atoms with E-state index in [1.54, 1.807) is 14.0 Å². The smallest absolute Gasteiger partial charge is 0.362 e. The van der Waals surface area contributed by atoms with E-state index < -0.39 is 18.8 Å². The third-order valence-electron chi connectivity index (χ3n) is 3.33. The SMILES string of the molecule is CCN(CC(F)(F)F)c1cc2c(cc1Cl)C(NC)C(=O)N2. The van der Waals surface area contributed by atoms with Crippen LogP contribution in [0.2, 0.25) is 5.02 Å². The summed E-state index contributed by atoms with van der Waals surface area (Å²) in [6.45, 7) is 0.678. The lowest BCUT2D eigenvalue weighted by molar-refractivity contribution is -0.119. The van der Waals surface area contributed by atoms with Crippen LogP contribution in [0.4, 0.5) is 24.5 Å². The number of benzene rings is 1. The number of nitrogens with zero attached hydrogens (tertiary/aromatic N) is 1. The van der Waals surface area contributed by atoms with Gasteiger partial charge in [0.25, 0.3) is 0 Å². The van der Waals surface area contributed by atoms with E-state index >= 15 is 0 Å². The molecule has 0 spiro atoms. The number of hydrogen-bond donors (Lipinski definition) is 2. The van der Waals surface area contributed by atoms with Crippen molar-refractivity contribution < 1.29 is 18.0 Å². The Morgan fingerprint density at radius 2 is 2.10 bits per heavy atom. The van der Waals surface area contributed by atoms with Crippen LogP contribution < -0.4 is 15.5 Å². The van der Waals surface area contributed by atoms with Crippen molar-refractivity contribution in [1.82, 2.24) is 5.32 Å². The van der Waals surface area contributed by atoms with Gasteiger partial charge in [-0.1, -0.05) is 11.6 Å². The number of hydrogen-bond acceptors (Lipinski definition) is 3. The third-order valence-corrected chi connectivity index (χ3v) is 3.63. The van der Waals surface area contributed by atoms with Gasteiger partial charge in [0.15, 0.2) is 0 Å². The number of alkyl halides is 3. The molecule has 116 valence electrons.